The van der Waals surface area contributed by atoms with Gasteiger partial charge in [0.2, 0.25) is 0 Å². The lowest BCUT2D eigenvalue weighted by Gasteiger charge is -2.36. The fourth-order valence-electron chi connectivity index (χ4n) is 2.37. The van der Waals surface area contributed by atoms with E-state index in [2.05, 4.69) is 0 Å². The predicted octanol–water partition coefficient (Wildman–Crippen LogP) is 2.79. The molecule has 0 aromatic carbocycles. The molecule has 1 aromatic heterocycles. The summed E-state index contributed by atoms with van der Waals surface area (Å²) < 4.78 is 11.1. The Bertz CT molecular complexity index is 328. The first-order valence-electron chi connectivity index (χ1n) is 6.12. The highest BCUT2D eigenvalue weighted by atomic mass is 16.5. The fourth-order valence-corrected chi connectivity index (χ4v) is 2.37. The molecule has 2 rings (SSSR count). The van der Waals surface area contributed by atoms with E-state index >= 15 is 0 Å². The summed E-state index contributed by atoms with van der Waals surface area (Å²) >= 11 is 0. The van der Waals surface area contributed by atoms with Crippen molar-refractivity contribution in [3.05, 3.63) is 23.7 Å². The molecule has 0 radical (unpaired) electrons. The molecule has 1 atom stereocenters. The van der Waals surface area contributed by atoms with Crippen LogP contribution in [0.15, 0.2) is 16.5 Å². The minimum absolute atomic E-state index is 0.0428. The van der Waals surface area contributed by atoms with E-state index in [1.54, 1.807) is 0 Å². The largest absolute Gasteiger partial charge is 0.465 e. The Balaban J connectivity index is 1.75. The Labute approximate surface area is 97.0 Å². The predicted molar refractivity (Wildman–Crippen MR) is 63.1 cm³/mol. The third-order valence-corrected chi connectivity index (χ3v) is 3.31. The molecule has 1 heterocycles. The standard InChI is InChI=1S/C13H21NO2/c1-3-15-11-6-10(7-11)8-12(14)13-5-4-9(2)16-13/h4-5,10-12H,3,6-8,14H2,1-2H3. The third-order valence-electron chi connectivity index (χ3n) is 3.31. The van der Waals surface area contributed by atoms with Gasteiger partial charge in [-0.25, -0.2) is 0 Å². The van der Waals surface area contributed by atoms with Crippen molar-refractivity contribution >= 4 is 0 Å². The second kappa shape index (κ2) is 5.02. The van der Waals surface area contributed by atoms with Crippen LogP contribution in [0.3, 0.4) is 0 Å². The first-order valence-corrected chi connectivity index (χ1v) is 6.12. The third kappa shape index (κ3) is 2.66. The van der Waals surface area contributed by atoms with Gasteiger partial charge in [-0.1, -0.05) is 0 Å². The molecule has 0 saturated heterocycles. The van der Waals surface area contributed by atoms with E-state index in [1.807, 2.05) is 26.0 Å². The zero-order valence-corrected chi connectivity index (χ0v) is 10.1. The van der Waals surface area contributed by atoms with Crippen molar-refractivity contribution in [2.24, 2.45) is 11.7 Å². The van der Waals surface area contributed by atoms with Crippen LogP contribution in [-0.4, -0.2) is 12.7 Å². The molecule has 90 valence electrons. The number of furan rings is 1. The summed E-state index contributed by atoms with van der Waals surface area (Å²) in [7, 11) is 0. The van der Waals surface area contributed by atoms with Gasteiger partial charge in [0.15, 0.2) is 0 Å². The summed E-state index contributed by atoms with van der Waals surface area (Å²) in [5.74, 6) is 2.56. The minimum atomic E-state index is 0.0428. The van der Waals surface area contributed by atoms with Gasteiger partial charge in [-0.15, -0.1) is 0 Å². The summed E-state index contributed by atoms with van der Waals surface area (Å²) in [4.78, 5) is 0. The van der Waals surface area contributed by atoms with Crippen LogP contribution in [0, 0.1) is 12.8 Å². The van der Waals surface area contributed by atoms with Gasteiger partial charge in [-0.2, -0.15) is 0 Å². The van der Waals surface area contributed by atoms with Crippen LogP contribution in [0.2, 0.25) is 0 Å². The molecular formula is C13H21NO2. The van der Waals surface area contributed by atoms with Crippen LogP contribution in [0.4, 0.5) is 0 Å². The number of ether oxygens (including phenoxy) is 1. The van der Waals surface area contributed by atoms with E-state index in [0.29, 0.717) is 12.0 Å². The second-order valence-corrected chi connectivity index (χ2v) is 4.71. The second-order valence-electron chi connectivity index (χ2n) is 4.71. The summed E-state index contributed by atoms with van der Waals surface area (Å²) in [6.07, 6.45) is 3.79. The highest BCUT2D eigenvalue weighted by Crippen LogP contribution is 2.36. The smallest absolute Gasteiger partial charge is 0.120 e. The van der Waals surface area contributed by atoms with E-state index in [4.69, 9.17) is 14.9 Å². The lowest BCUT2D eigenvalue weighted by molar-refractivity contribution is -0.0286. The zero-order chi connectivity index (χ0) is 11.5. The van der Waals surface area contributed by atoms with E-state index in [1.165, 1.54) is 0 Å². The highest BCUT2D eigenvalue weighted by molar-refractivity contribution is 5.09. The molecule has 0 spiro atoms. The molecule has 3 nitrogen and oxygen atoms in total. The van der Waals surface area contributed by atoms with Crippen molar-refractivity contribution in [1.82, 2.24) is 0 Å². The molecule has 1 saturated carbocycles. The van der Waals surface area contributed by atoms with Gasteiger partial charge in [0.25, 0.3) is 0 Å². The van der Waals surface area contributed by atoms with E-state index < -0.39 is 0 Å². The molecule has 3 heteroatoms. The van der Waals surface area contributed by atoms with E-state index in [-0.39, 0.29) is 6.04 Å². The van der Waals surface area contributed by atoms with E-state index in [9.17, 15) is 0 Å². The monoisotopic (exact) mass is 223 g/mol. The average molecular weight is 223 g/mol. The molecule has 1 aromatic rings. The molecule has 1 fully saturated rings. The molecule has 2 N–H and O–H groups in total. The normalized spacial score (nSPS) is 26.4. The number of hydrogen-bond acceptors (Lipinski definition) is 3. The average Bonchev–Trinajstić information content (AvgIpc) is 2.61. The maximum absolute atomic E-state index is 6.10. The first-order chi connectivity index (χ1) is 7.69. The van der Waals surface area contributed by atoms with Crippen molar-refractivity contribution < 1.29 is 9.15 Å². The van der Waals surface area contributed by atoms with Crippen LogP contribution in [-0.2, 0) is 4.74 Å². The van der Waals surface area contributed by atoms with Gasteiger partial charge >= 0.3 is 0 Å². The van der Waals surface area contributed by atoms with E-state index in [0.717, 1.165) is 37.4 Å². The maximum atomic E-state index is 6.10. The molecule has 0 bridgehead atoms. The fraction of sp³-hybridized carbons (Fsp3) is 0.692. The molecular weight excluding hydrogens is 202 g/mol. The van der Waals surface area contributed by atoms with Crippen LogP contribution in [0.25, 0.3) is 0 Å². The molecule has 1 aliphatic carbocycles. The lowest BCUT2D eigenvalue weighted by Crippen LogP contribution is -2.33. The van der Waals surface area contributed by atoms with Gasteiger partial charge in [-0.3, -0.25) is 0 Å². The zero-order valence-electron chi connectivity index (χ0n) is 10.1. The van der Waals surface area contributed by atoms with Crippen LogP contribution in [0.5, 0.6) is 0 Å². The van der Waals surface area contributed by atoms with Crippen molar-refractivity contribution in [1.29, 1.82) is 0 Å². The lowest BCUT2D eigenvalue weighted by atomic mass is 9.78. The Morgan fingerprint density at radius 3 is 2.81 bits per heavy atom. The van der Waals surface area contributed by atoms with Gasteiger partial charge < -0.3 is 14.9 Å². The Hall–Kier alpha value is -0.800. The number of nitrogens with two attached hydrogens (primary N) is 1. The summed E-state index contributed by atoms with van der Waals surface area (Å²) in [6.45, 7) is 4.82. The minimum Gasteiger partial charge on any atom is -0.465 e. The quantitative estimate of drug-likeness (QED) is 0.835. The van der Waals surface area contributed by atoms with Gasteiger partial charge in [0.1, 0.15) is 11.5 Å². The van der Waals surface area contributed by atoms with Crippen LogP contribution in [0.1, 0.15) is 43.7 Å². The maximum Gasteiger partial charge on any atom is 0.120 e. The van der Waals surface area contributed by atoms with Crippen molar-refractivity contribution in [2.45, 2.75) is 45.3 Å². The first kappa shape index (κ1) is 11.7. The summed E-state index contributed by atoms with van der Waals surface area (Å²) in [5.41, 5.74) is 6.10. The highest BCUT2D eigenvalue weighted by Gasteiger charge is 2.31. The Morgan fingerprint density at radius 2 is 2.25 bits per heavy atom. The molecule has 0 amide bonds. The molecule has 16 heavy (non-hydrogen) atoms. The van der Waals surface area contributed by atoms with Crippen LogP contribution >= 0.6 is 0 Å². The topological polar surface area (TPSA) is 48.4 Å². The number of hydrogen-bond donors (Lipinski definition) is 1. The Kier molecular flexibility index (Phi) is 3.66. The van der Waals surface area contributed by atoms with Crippen LogP contribution < -0.4 is 5.73 Å². The molecule has 1 unspecified atom stereocenters. The number of rotatable bonds is 5. The van der Waals surface area contributed by atoms with Gasteiger partial charge in [0, 0.05) is 6.61 Å². The molecule has 0 aliphatic heterocycles. The number of aryl methyl sites for hydroxylation is 1. The van der Waals surface area contributed by atoms with Crippen molar-refractivity contribution in [3.63, 3.8) is 0 Å². The Morgan fingerprint density at radius 1 is 1.50 bits per heavy atom. The molecule has 1 aliphatic rings. The van der Waals surface area contributed by atoms with Gasteiger partial charge in [-0.05, 0) is 51.2 Å². The van der Waals surface area contributed by atoms with Crippen molar-refractivity contribution in [3.8, 4) is 0 Å². The SMILES string of the molecule is CCOC1CC(CC(N)c2ccc(C)o2)C1. The summed E-state index contributed by atoms with van der Waals surface area (Å²) in [6, 6.07) is 4.00. The van der Waals surface area contributed by atoms with Gasteiger partial charge in [0.05, 0.1) is 12.1 Å². The van der Waals surface area contributed by atoms with Crippen molar-refractivity contribution in [2.75, 3.05) is 6.61 Å². The summed E-state index contributed by atoms with van der Waals surface area (Å²) in [5, 5.41) is 0.